The fourth-order valence-corrected chi connectivity index (χ4v) is 7.68. The average molecular weight is 692 g/mol. The first-order chi connectivity index (χ1) is 26.7. The molecule has 0 saturated carbocycles. The maximum absolute atomic E-state index is 6.58. The number of furan rings is 2. The van der Waals surface area contributed by atoms with Gasteiger partial charge in [-0.2, -0.15) is 0 Å². The van der Waals surface area contributed by atoms with Gasteiger partial charge in [0.05, 0.1) is 0 Å². The highest BCUT2D eigenvalue weighted by Gasteiger charge is 2.19. The van der Waals surface area contributed by atoms with Crippen molar-refractivity contribution < 1.29 is 8.83 Å². The van der Waals surface area contributed by atoms with Crippen LogP contribution in [-0.4, -0.2) is 15.0 Å². The van der Waals surface area contributed by atoms with Crippen LogP contribution in [0.5, 0.6) is 0 Å². The van der Waals surface area contributed by atoms with Gasteiger partial charge in [0.25, 0.3) is 0 Å². The molecule has 252 valence electrons. The van der Waals surface area contributed by atoms with Crippen molar-refractivity contribution >= 4 is 54.6 Å². The minimum Gasteiger partial charge on any atom is -0.456 e. The molecule has 0 aliphatic heterocycles. The summed E-state index contributed by atoms with van der Waals surface area (Å²) in [5.41, 5.74) is 10.3. The van der Waals surface area contributed by atoms with Crippen LogP contribution in [0.4, 0.5) is 0 Å². The molecule has 0 atom stereocenters. The SMILES string of the molecule is c1ccc(-c2ccc(-c3nc(-c4ccc5ccccc5c4)nc(-c4cccc5oc6cc(-c7cccc8c7oc7ccccc78)ccc6c45)n3)cc2)cc1. The highest BCUT2D eigenvalue weighted by molar-refractivity contribution is 6.14. The van der Waals surface area contributed by atoms with E-state index in [9.17, 15) is 0 Å². The van der Waals surface area contributed by atoms with Crippen LogP contribution in [0, 0.1) is 0 Å². The molecule has 0 aliphatic rings. The zero-order chi connectivity index (χ0) is 35.6. The van der Waals surface area contributed by atoms with E-state index in [0.29, 0.717) is 17.5 Å². The Labute approximate surface area is 309 Å². The van der Waals surface area contributed by atoms with E-state index in [0.717, 1.165) is 93.6 Å². The van der Waals surface area contributed by atoms with E-state index in [4.69, 9.17) is 23.8 Å². The number of fused-ring (bicyclic) bond motifs is 7. The predicted octanol–water partition coefficient (Wildman–Crippen LogP) is 13.2. The molecule has 0 N–H and O–H groups in total. The van der Waals surface area contributed by atoms with E-state index in [2.05, 4.69) is 140 Å². The Balaban J connectivity index is 1.08. The van der Waals surface area contributed by atoms with Crippen LogP contribution in [0.3, 0.4) is 0 Å². The van der Waals surface area contributed by atoms with Gasteiger partial charge in [0.1, 0.15) is 22.3 Å². The predicted molar refractivity (Wildman–Crippen MR) is 219 cm³/mol. The van der Waals surface area contributed by atoms with Gasteiger partial charge < -0.3 is 8.83 Å². The molecule has 0 fully saturated rings. The van der Waals surface area contributed by atoms with Gasteiger partial charge in [0, 0.05) is 43.8 Å². The van der Waals surface area contributed by atoms with Crippen LogP contribution in [-0.2, 0) is 0 Å². The van der Waals surface area contributed by atoms with Gasteiger partial charge >= 0.3 is 0 Å². The van der Waals surface area contributed by atoms with E-state index in [1.807, 2.05) is 36.4 Å². The number of para-hydroxylation sites is 2. The van der Waals surface area contributed by atoms with Crippen LogP contribution in [0.25, 0.3) is 111 Å². The van der Waals surface area contributed by atoms with Gasteiger partial charge in [0.15, 0.2) is 17.5 Å². The molecule has 8 aromatic carbocycles. The fourth-order valence-electron chi connectivity index (χ4n) is 7.68. The summed E-state index contributed by atoms with van der Waals surface area (Å²) in [6.07, 6.45) is 0. The van der Waals surface area contributed by atoms with Crippen LogP contribution in [0.2, 0.25) is 0 Å². The lowest BCUT2D eigenvalue weighted by Gasteiger charge is -2.10. The van der Waals surface area contributed by atoms with E-state index in [1.165, 1.54) is 0 Å². The third kappa shape index (κ3) is 4.98. The van der Waals surface area contributed by atoms with Crippen LogP contribution in [0.1, 0.15) is 0 Å². The standard InChI is InChI=1S/C49H29N3O2/c1-2-10-30(11-3-1)32-20-23-33(24-21-32)47-50-48(36-25-22-31-12-4-5-13-34(31)28-36)52-49(51-47)41-17-9-19-43-45(41)40-27-26-35(29-44(40)53-43)37-15-8-16-39-38-14-6-7-18-42(38)54-46(37)39/h1-29H. The molecule has 3 aromatic heterocycles. The molecule has 11 rings (SSSR count). The number of aromatic nitrogens is 3. The normalized spacial score (nSPS) is 11.7. The van der Waals surface area contributed by atoms with E-state index >= 15 is 0 Å². The quantitative estimate of drug-likeness (QED) is 0.180. The zero-order valence-electron chi connectivity index (χ0n) is 28.9. The first kappa shape index (κ1) is 30.3. The summed E-state index contributed by atoms with van der Waals surface area (Å²) in [6.45, 7) is 0. The minimum atomic E-state index is 0.583. The number of hydrogen-bond acceptors (Lipinski definition) is 5. The molecule has 0 aliphatic carbocycles. The van der Waals surface area contributed by atoms with Gasteiger partial charge in [0.2, 0.25) is 0 Å². The maximum Gasteiger partial charge on any atom is 0.164 e. The summed E-state index contributed by atoms with van der Waals surface area (Å²) in [5.74, 6) is 1.80. The smallest absolute Gasteiger partial charge is 0.164 e. The lowest BCUT2D eigenvalue weighted by molar-refractivity contribution is 0.668. The third-order valence-electron chi connectivity index (χ3n) is 10.3. The first-order valence-electron chi connectivity index (χ1n) is 18.0. The van der Waals surface area contributed by atoms with Gasteiger partial charge in [-0.3, -0.25) is 0 Å². The minimum absolute atomic E-state index is 0.583. The number of rotatable bonds is 5. The van der Waals surface area contributed by atoms with Crippen molar-refractivity contribution in [1.29, 1.82) is 0 Å². The Bertz CT molecular complexity index is 3210. The second-order valence-electron chi connectivity index (χ2n) is 13.6. The molecule has 0 saturated heterocycles. The summed E-state index contributed by atoms with van der Waals surface area (Å²) >= 11 is 0. The van der Waals surface area contributed by atoms with Crippen molar-refractivity contribution in [2.24, 2.45) is 0 Å². The highest BCUT2D eigenvalue weighted by atomic mass is 16.3. The molecular formula is C49H29N3O2. The summed E-state index contributed by atoms with van der Waals surface area (Å²) in [6, 6.07) is 60.4. The molecular weight excluding hydrogens is 663 g/mol. The van der Waals surface area contributed by atoms with Crippen LogP contribution < -0.4 is 0 Å². The number of nitrogens with zero attached hydrogens (tertiary/aromatic N) is 3. The molecule has 5 heteroatoms. The first-order valence-corrected chi connectivity index (χ1v) is 18.0. The van der Waals surface area contributed by atoms with Crippen molar-refractivity contribution in [2.75, 3.05) is 0 Å². The maximum atomic E-state index is 6.58. The van der Waals surface area contributed by atoms with Gasteiger partial charge in [-0.25, -0.2) is 15.0 Å². The zero-order valence-corrected chi connectivity index (χ0v) is 28.9. The molecule has 0 bridgehead atoms. The van der Waals surface area contributed by atoms with Crippen molar-refractivity contribution in [3.8, 4) is 56.4 Å². The second-order valence-corrected chi connectivity index (χ2v) is 13.6. The molecule has 3 heterocycles. The van der Waals surface area contributed by atoms with Gasteiger partial charge in [-0.1, -0.05) is 146 Å². The van der Waals surface area contributed by atoms with Crippen LogP contribution >= 0.6 is 0 Å². The molecule has 54 heavy (non-hydrogen) atoms. The van der Waals surface area contributed by atoms with Crippen molar-refractivity contribution in [3.63, 3.8) is 0 Å². The second kappa shape index (κ2) is 12.1. The summed E-state index contributed by atoms with van der Waals surface area (Å²) in [5, 5.41) is 6.44. The summed E-state index contributed by atoms with van der Waals surface area (Å²) in [7, 11) is 0. The topological polar surface area (TPSA) is 65.0 Å². The van der Waals surface area contributed by atoms with E-state index in [1.54, 1.807) is 0 Å². The third-order valence-corrected chi connectivity index (χ3v) is 10.3. The number of hydrogen-bond donors (Lipinski definition) is 0. The van der Waals surface area contributed by atoms with Crippen LogP contribution in [0.15, 0.2) is 185 Å². The summed E-state index contributed by atoms with van der Waals surface area (Å²) < 4.78 is 13.0. The Hall–Kier alpha value is -7.37. The van der Waals surface area contributed by atoms with Crippen molar-refractivity contribution in [2.45, 2.75) is 0 Å². The average Bonchev–Trinajstić information content (AvgIpc) is 3.82. The van der Waals surface area contributed by atoms with E-state index < -0.39 is 0 Å². The Morgan fingerprint density at radius 1 is 0.315 bits per heavy atom. The summed E-state index contributed by atoms with van der Waals surface area (Å²) in [4.78, 5) is 15.4. The molecule has 11 aromatic rings. The van der Waals surface area contributed by atoms with Gasteiger partial charge in [-0.15, -0.1) is 0 Å². The molecule has 0 radical (unpaired) electrons. The largest absolute Gasteiger partial charge is 0.456 e. The monoisotopic (exact) mass is 691 g/mol. The molecule has 0 unspecified atom stereocenters. The van der Waals surface area contributed by atoms with Crippen molar-refractivity contribution in [1.82, 2.24) is 15.0 Å². The van der Waals surface area contributed by atoms with Gasteiger partial charge in [-0.05, 0) is 57.8 Å². The molecule has 5 nitrogen and oxygen atoms in total. The number of benzene rings is 8. The van der Waals surface area contributed by atoms with E-state index in [-0.39, 0.29) is 0 Å². The fraction of sp³-hybridized carbons (Fsp3) is 0. The Morgan fingerprint density at radius 3 is 1.83 bits per heavy atom. The highest BCUT2D eigenvalue weighted by Crippen LogP contribution is 2.41. The lowest BCUT2D eigenvalue weighted by Crippen LogP contribution is -2.00. The lowest BCUT2D eigenvalue weighted by atomic mass is 9.99. The molecule has 0 amide bonds. The van der Waals surface area contributed by atoms with Crippen molar-refractivity contribution in [3.05, 3.63) is 176 Å². The molecule has 0 spiro atoms. The Morgan fingerprint density at radius 2 is 0.944 bits per heavy atom. The Kier molecular flexibility index (Phi) is 6.79.